The van der Waals surface area contributed by atoms with Crippen LogP contribution in [0, 0.1) is 6.92 Å². The van der Waals surface area contributed by atoms with E-state index in [0.29, 0.717) is 10.6 Å². The van der Waals surface area contributed by atoms with Crippen LogP contribution >= 0.6 is 11.3 Å². The van der Waals surface area contributed by atoms with Gasteiger partial charge in [-0.15, -0.1) is 11.3 Å². The molecule has 0 bridgehead atoms. The number of aromatic carboxylic acids is 1. The number of nitrogens with zero attached hydrogens (tertiary/aromatic N) is 1. The third kappa shape index (κ3) is 2.72. The van der Waals surface area contributed by atoms with E-state index in [9.17, 15) is 9.59 Å². The zero-order chi connectivity index (χ0) is 13.1. The van der Waals surface area contributed by atoms with Crippen molar-refractivity contribution in [3.63, 3.8) is 0 Å². The van der Waals surface area contributed by atoms with Crippen LogP contribution in [0.1, 0.15) is 25.0 Å². The van der Waals surface area contributed by atoms with Crippen LogP contribution in [0.2, 0.25) is 0 Å². The molecule has 0 atom stereocenters. The molecule has 0 saturated heterocycles. The summed E-state index contributed by atoms with van der Waals surface area (Å²) in [4.78, 5) is 27.1. The number of amides is 1. The Morgan fingerprint density at radius 1 is 1.22 bits per heavy atom. The van der Waals surface area contributed by atoms with E-state index >= 15 is 0 Å². The molecular weight excluding hydrogens is 252 g/mol. The number of carbonyl (C=O) groups is 2. The normalized spacial score (nSPS) is 10.1. The summed E-state index contributed by atoms with van der Waals surface area (Å²) in [5, 5.41) is 11.4. The summed E-state index contributed by atoms with van der Waals surface area (Å²) in [5.74, 6) is -1.37. The van der Waals surface area contributed by atoms with Gasteiger partial charge in [0.05, 0.1) is 16.8 Å². The highest BCUT2D eigenvalue weighted by Gasteiger charge is 2.12. The number of carboxylic acids is 1. The maximum absolute atomic E-state index is 11.8. The molecule has 2 aromatic rings. The monoisotopic (exact) mass is 262 g/mol. The fourth-order valence-corrected chi connectivity index (χ4v) is 2.05. The Morgan fingerprint density at radius 3 is 2.50 bits per heavy atom. The largest absolute Gasteiger partial charge is 0.477 e. The van der Waals surface area contributed by atoms with E-state index < -0.39 is 5.97 Å². The molecule has 2 aromatic heterocycles. The highest BCUT2D eigenvalue weighted by Crippen LogP contribution is 2.18. The second-order valence-electron chi connectivity index (χ2n) is 3.61. The molecule has 0 unspecified atom stereocenters. The molecule has 0 fully saturated rings. The van der Waals surface area contributed by atoms with Crippen molar-refractivity contribution >= 4 is 28.9 Å². The lowest BCUT2D eigenvalue weighted by molar-refractivity contribution is 0.0702. The van der Waals surface area contributed by atoms with Crippen LogP contribution < -0.4 is 5.32 Å². The predicted molar refractivity (Wildman–Crippen MR) is 68.2 cm³/mol. The molecular formula is C12H10N2O3S. The van der Waals surface area contributed by atoms with Gasteiger partial charge in [-0.05, 0) is 31.2 Å². The van der Waals surface area contributed by atoms with E-state index in [2.05, 4.69) is 10.3 Å². The fraction of sp³-hybridized carbons (Fsp3) is 0.0833. The first-order valence-corrected chi connectivity index (χ1v) is 5.95. The van der Waals surface area contributed by atoms with E-state index in [1.807, 2.05) is 6.92 Å². The van der Waals surface area contributed by atoms with Gasteiger partial charge in [0.2, 0.25) is 0 Å². The Bertz CT molecular complexity index is 590. The second kappa shape index (κ2) is 4.97. The van der Waals surface area contributed by atoms with Gasteiger partial charge in [0.25, 0.3) is 5.91 Å². The highest BCUT2D eigenvalue weighted by molar-refractivity contribution is 7.15. The SMILES string of the molecule is Cc1ccc(NC(=O)c2ccc(C(=O)O)s2)cn1. The minimum absolute atomic E-state index is 0.141. The van der Waals surface area contributed by atoms with E-state index in [-0.39, 0.29) is 10.8 Å². The van der Waals surface area contributed by atoms with Crippen LogP contribution in [0.5, 0.6) is 0 Å². The van der Waals surface area contributed by atoms with Gasteiger partial charge in [-0.2, -0.15) is 0 Å². The minimum atomic E-state index is -1.03. The average molecular weight is 262 g/mol. The number of anilines is 1. The minimum Gasteiger partial charge on any atom is -0.477 e. The van der Waals surface area contributed by atoms with Crippen molar-refractivity contribution in [2.45, 2.75) is 6.92 Å². The van der Waals surface area contributed by atoms with Crippen LogP contribution in [0.3, 0.4) is 0 Å². The third-order valence-electron chi connectivity index (χ3n) is 2.21. The molecule has 2 heterocycles. The summed E-state index contributed by atoms with van der Waals surface area (Å²) in [6.45, 7) is 1.85. The van der Waals surface area contributed by atoms with E-state index in [4.69, 9.17) is 5.11 Å². The maximum Gasteiger partial charge on any atom is 0.345 e. The van der Waals surface area contributed by atoms with Crippen LogP contribution in [0.4, 0.5) is 5.69 Å². The van der Waals surface area contributed by atoms with Gasteiger partial charge in [0, 0.05) is 5.69 Å². The highest BCUT2D eigenvalue weighted by atomic mass is 32.1. The zero-order valence-corrected chi connectivity index (χ0v) is 10.3. The molecule has 0 aliphatic heterocycles. The number of carboxylic acid groups (broad SMARTS) is 1. The molecule has 0 saturated carbocycles. The van der Waals surface area contributed by atoms with Crippen molar-refractivity contribution < 1.29 is 14.7 Å². The summed E-state index contributed by atoms with van der Waals surface area (Å²) in [6.07, 6.45) is 1.55. The van der Waals surface area contributed by atoms with Crippen molar-refractivity contribution in [3.05, 3.63) is 45.9 Å². The lowest BCUT2D eigenvalue weighted by atomic mass is 10.3. The van der Waals surface area contributed by atoms with Crippen LogP contribution in [-0.4, -0.2) is 22.0 Å². The van der Waals surface area contributed by atoms with Crippen LogP contribution in [0.25, 0.3) is 0 Å². The van der Waals surface area contributed by atoms with Gasteiger partial charge >= 0.3 is 5.97 Å². The molecule has 5 nitrogen and oxygen atoms in total. The first-order chi connectivity index (χ1) is 8.56. The molecule has 2 N–H and O–H groups in total. The van der Waals surface area contributed by atoms with E-state index in [1.54, 1.807) is 18.3 Å². The Labute approximate surface area is 107 Å². The third-order valence-corrected chi connectivity index (χ3v) is 3.28. The Balaban J connectivity index is 2.11. The lowest BCUT2D eigenvalue weighted by Crippen LogP contribution is -2.10. The number of nitrogens with one attached hydrogen (secondary N) is 1. The number of pyridine rings is 1. The van der Waals surface area contributed by atoms with Crippen molar-refractivity contribution in [2.24, 2.45) is 0 Å². The molecule has 0 spiro atoms. The Hall–Kier alpha value is -2.21. The smallest absolute Gasteiger partial charge is 0.345 e. The van der Waals surface area contributed by atoms with Crippen molar-refractivity contribution in [2.75, 3.05) is 5.32 Å². The predicted octanol–water partition coefficient (Wildman–Crippen LogP) is 2.40. The van der Waals surface area contributed by atoms with Crippen LogP contribution in [0.15, 0.2) is 30.5 Å². The number of hydrogen-bond acceptors (Lipinski definition) is 4. The Morgan fingerprint density at radius 2 is 1.94 bits per heavy atom. The maximum atomic E-state index is 11.8. The van der Waals surface area contributed by atoms with Gasteiger partial charge in [-0.25, -0.2) is 4.79 Å². The molecule has 92 valence electrons. The van der Waals surface area contributed by atoms with E-state index in [0.717, 1.165) is 17.0 Å². The summed E-state index contributed by atoms with van der Waals surface area (Å²) < 4.78 is 0. The number of rotatable bonds is 3. The molecule has 1 amide bonds. The molecule has 0 aromatic carbocycles. The molecule has 0 aliphatic rings. The first kappa shape index (κ1) is 12.3. The summed E-state index contributed by atoms with van der Waals surface area (Å²) in [7, 11) is 0. The van der Waals surface area contributed by atoms with Gasteiger partial charge in [-0.1, -0.05) is 0 Å². The van der Waals surface area contributed by atoms with E-state index in [1.165, 1.54) is 12.1 Å². The Kier molecular flexibility index (Phi) is 3.38. The van der Waals surface area contributed by atoms with Gasteiger partial charge in [0.1, 0.15) is 4.88 Å². The number of hydrogen-bond donors (Lipinski definition) is 2. The number of thiophene rings is 1. The van der Waals surface area contributed by atoms with Gasteiger partial charge < -0.3 is 10.4 Å². The molecule has 6 heteroatoms. The topological polar surface area (TPSA) is 79.3 Å². The number of carbonyl (C=O) groups excluding carboxylic acids is 1. The summed E-state index contributed by atoms with van der Waals surface area (Å²) >= 11 is 0.939. The quantitative estimate of drug-likeness (QED) is 0.890. The molecule has 0 aliphatic carbocycles. The zero-order valence-electron chi connectivity index (χ0n) is 9.51. The molecule has 0 radical (unpaired) electrons. The van der Waals surface area contributed by atoms with Gasteiger partial charge in [0.15, 0.2) is 0 Å². The second-order valence-corrected chi connectivity index (χ2v) is 4.70. The summed E-state index contributed by atoms with van der Waals surface area (Å²) in [6, 6.07) is 6.43. The standard InChI is InChI=1S/C12H10N2O3S/c1-7-2-3-8(6-13-7)14-11(15)9-4-5-10(18-9)12(16)17/h2-6H,1H3,(H,14,15)(H,16,17). The average Bonchev–Trinajstić information content (AvgIpc) is 2.81. The fourth-order valence-electron chi connectivity index (χ4n) is 1.31. The number of aromatic nitrogens is 1. The first-order valence-electron chi connectivity index (χ1n) is 5.13. The van der Waals surface area contributed by atoms with Crippen molar-refractivity contribution in [1.82, 2.24) is 4.98 Å². The molecule has 2 rings (SSSR count). The van der Waals surface area contributed by atoms with Crippen molar-refractivity contribution in [3.8, 4) is 0 Å². The number of aryl methyl sites for hydroxylation is 1. The lowest BCUT2D eigenvalue weighted by Gasteiger charge is -2.02. The van der Waals surface area contributed by atoms with Gasteiger partial charge in [-0.3, -0.25) is 9.78 Å². The summed E-state index contributed by atoms with van der Waals surface area (Å²) in [5.41, 5.74) is 1.44. The van der Waals surface area contributed by atoms with Crippen molar-refractivity contribution in [1.29, 1.82) is 0 Å². The van der Waals surface area contributed by atoms with Crippen LogP contribution in [-0.2, 0) is 0 Å². The molecule has 18 heavy (non-hydrogen) atoms.